The zero-order valence-corrected chi connectivity index (χ0v) is 10.8. The molecule has 2 nitrogen and oxygen atoms in total. The van der Waals surface area contributed by atoms with Gasteiger partial charge in [-0.3, -0.25) is 0 Å². The van der Waals surface area contributed by atoms with Crippen molar-refractivity contribution in [2.45, 2.75) is 26.9 Å². The summed E-state index contributed by atoms with van der Waals surface area (Å²) in [5.41, 5.74) is 0.858. The molecule has 0 spiro atoms. The first-order valence-corrected chi connectivity index (χ1v) is 5.98. The quantitative estimate of drug-likeness (QED) is 0.891. The maximum atomic E-state index is 9.08. The second-order valence-corrected chi connectivity index (χ2v) is 4.59. The van der Waals surface area contributed by atoms with Gasteiger partial charge in [0.1, 0.15) is 5.75 Å². The third kappa shape index (κ3) is 3.84. The first-order valence-electron chi connectivity index (χ1n) is 5.19. The number of hydrogen-bond acceptors (Lipinski definition) is 2. The van der Waals surface area contributed by atoms with Crippen LogP contribution in [0.25, 0.3) is 0 Å². The molecule has 0 amide bonds. The van der Waals surface area contributed by atoms with Crippen molar-refractivity contribution in [3.05, 3.63) is 28.2 Å². The van der Waals surface area contributed by atoms with E-state index in [-0.39, 0.29) is 6.61 Å². The van der Waals surface area contributed by atoms with Crippen LogP contribution in [-0.4, -0.2) is 11.7 Å². The van der Waals surface area contributed by atoms with Crippen molar-refractivity contribution in [2.24, 2.45) is 5.92 Å². The van der Waals surface area contributed by atoms with Crippen LogP contribution in [0.3, 0.4) is 0 Å². The molecular formula is C12H17BrO2. The van der Waals surface area contributed by atoms with Crippen molar-refractivity contribution in [3.63, 3.8) is 0 Å². The maximum Gasteiger partial charge on any atom is 0.119 e. The van der Waals surface area contributed by atoms with E-state index in [2.05, 4.69) is 29.8 Å². The third-order valence-corrected chi connectivity index (χ3v) is 3.19. The molecule has 0 fully saturated rings. The fourth-order valence-electron chi connectivity index (χ4n) is 1.12. The largest absolute Gasteiger partial charge is 0.493 e. The van der Waals surface area contributed by atoms with E-state index in [1.165, 1.54) is 0 Å². The molecule has 0 saturated carbocycles. The lowest BCUT2D eigenvalue weighted by Gasteiger charge is -2.12. The molecule has 1 aromatic rings. The Bertz CT molecular complexity index is 312. The maximum absolute atomic E-state index is 9.08. The van der Waals surface area contributed by atoms with Crippen LogP contribution >= 0.6 is 15.9 Å². The van der Waals surface area contributed by atoms with E-state index in [1.54, 1.807) is 0 Å². The zero-order chi connectivity index (χ0) is 11.3. The summed E-state index contributed by atoms with van der Waals surface area (Å²) in [6.45, 7) is 5.06. The summed E-state index contributed by atoms with van der Waals surface area (Å²) < 4.78 is 6.54. The van der Waals surface area contributed by atoms with E-state index in [9.17, 15) is 0 Å². The Balaban J connectivity index is 2.62. The van der Waals surface area contributed by atoms with Crippen molar-refractivity contribution in [1.82, 2.24) is 0 Å². The van der Waals surface area contributed by atoms with Gasteiger partial charge in [-0.15, -0.1) is 0 Å². The monoisotopic (exact) mass is 272 g/mol. The molecule has 1 N–H and O–H groups in total. The highest BCUT2D eigenvalue weighted by Crippen LogP contribution is 2.23. The lowest BCUT2D eigenvalue weighted by molar-refractivity contribution is 0.253. The minimum Gasteiger partial charge on any atom is -0.493 e. The van der Waals surface area contributed by atoms with Gasteiger partial charge in [0.25, 0.3) is 0 Å². The first kappa shape index (κ1) is 12.5. The predicted octanol–water partition coefficient (Wildman–Crippen LogP) is 3.37. The van der Waals surface area contributed by atoms with Gasteiger partial charge in [0.15, 0.2) is 0 Å². The zero-order valence-electron chi connectivity index (χ0n) is 9.16. The lowest BCUT2D eigenvalue weighted by atomic mass is 10.1. The highest BCUT2D eigenvalue weighted by molar-refractivity contribution is 9.10. The van der Waals surface area contributed by atoms with Crippen molar-refractivity contribution in [3.8, 4) is 5.75 Å². The molecule has 1 aromatic carbocycles. The van der Waals surface area contributed by atoms with Crippen LogP contribution in [0.2, 0.25) is 0 Å². The van der Waals surface area contributed by atoms with Crippen LogP contribution in [0, 0.1) is 5.92 Å². The Morgan fingerprint density at radius 3 is 2.80 bits per heavy atom. The van der Waals surface area contributed by atoms with Gasteiger partial charge in [-0.05, 0) is 29.7 Å². The summed E-state index contributed by atoms with van der Waals surface area (Å²) in [7, 11) is 0. The second kappa shape index (κ2) is 6.13. The molecule has 1 rings (SSSR count). The van der Waals surface area contributed by atoms with Crippen LogP contribution in [-0.2, 0) is 6.61 Å². The van der Waals surface area contributed by atoms with E-state index in [0.717, 1.165) is 28.8 Å². The SMILES string of the molecule is CCC(C)COc1ccc(Br)c(CO)c1. The van der Waals surface area contributed by atoms with Crippen molar-refractivity contribution < 1.29 is 9.84 Å². The van der Waals surface area contributed by atoms with Gasteiger partial charge in [-0.1, -0.05) is 36.2 Å². The Hall–Kier alpha value is -0.540. The first-order chi connectivity index (χ1) is 7.17. The second-order valence-electron chi connectivity index (χ2n) is 3.74. The molecule has 1 atom stereocenters. The summed E-state index contributed by atoms with van der Waals surface area (Å²) in [6.07, 6.45) is 1.11. The highest BCUT2D eigenvalue weighted by Gasteiger charge is 2.03. The molecule has 0 heterocycles. The molecular weight excluding hydrogens is 256 g/mol. The molecule has 0 aliphatic rings. The van der Waals surface area contributed by atoms with Crippen LogP contribution in [0.4, 0.5) is 0 Å². The van der Waals surface area contributed by atoms with Crippen LogP contribution in [0.5, 0.6) is 5.75 Å². The summed E-state index contributed by atoms with van der Waals surface area (Å²) >= 11 is 3.37. The lowest BCUT2D eigenvalue weighted by Crippen LogP contribution is -2.07. The number of hydrogen-bond donors (Lipinski definition) is 1. The molecule has 0 radical (unpaired) electrons. The molecule has 0 aliphatic carbocycles. The van der Waals surface area contributed by atoms with Crippen LogP contribution < -0.4 is 4.74 Å². The predicted molar refractivity (Wildman–Crippen MR) is 65.0 cm³/mol. The van der Waals surface area contributed by atoms with Gasteiger partial charge in [0.2, 0.25) is 0 Å². The summed E-state index contributed by atoms with van der Waals surface area (Å²) in [4.78, 5) is 0. The normalized spacial score (nSPS) is 12.5. The number of aliphatic hydroxyl groups is 1. The fraction of sp³-hybridized carbons (Fsp3) is 0.500. The van der Waals surface area contributed by atoms with Gasteiger partial charge in [0, 0.05) is 4.47 Å². The van der Waals surface area contributed by atoms with E-state index in [4.69, 9.17) is 9.84 Å². The van der Waals surface area contributed by atoms with Gasteiger partial charge < -0.3 is 9.84 Å². The van der Waals surface area contributed by atoms with Crippen molar-refractivity contribution in [1.29, 1.82) is 0 Å². The topological polar surface area (TPSA) is 29.5 Å². The average molecular weight is 273 g/mol. The smallest absolute Gasteiger partial charge is 0.119 e. The van der Waals surface area contributed by atoms with Gasteiger partial charge in [-0.25, -0.2) is 0 Å². The van der Waals surface area contributed by atoms with Crippen LogP contribution in [0.15, 0.2) is 22.7 Å². The number of rotatable bonds is 5. The molecule has 0 saturated heterocycles. The highest BCUT2D eigenvalue weighted by atomic mass is 79.9. The summed E-state index contributed by atoms with van der Waals surface area (Å²) in [5, 5.41) is 9.08. The van der Waals surface area contributed by atoms with Gasteiger partial charge >= 0.3 is 0 Å². The minimum absolute atomic E-state index is 0.0289. The van der Waals surface area contributed by atoms with E-state index in [0.29, 0.717) is 5.92 Å². The van der Waals surface area contributed by atoms with Crippen molar-refractivity contribution in [2.75, 3.05) is 6.61 Å². The number of ether oxygens (including phenoxy) is 1. The molecule has 0 aliphatic heterocycles. The standard InChI is InChI=1S/C12H17BrO2/c1-3-9(2)8-15-11-4-5-12(13)10(6-11)7-14/h4-6,9,14H,3,7-8H2,1-2H3. The van der Waals surface area contributed by atoms with Gasteiger partial charge in [-0.2, -0.15) is 0 Å². The van der Waals surface area contributed by atoms with E-state index in [1.807, 2.05) is 18.2 Å². The summed E-state index contributed by atoms with van der Waals surface area (Å²) in [5.74, 6) is 1.38. The Morgan fingerprint density at radius 2 is 2.20 bits per heavy atom. The van der Waals surface area contributed by atoms with E-state index < -0.39 is 0 Å². The third-order valence-electron chi connectivity index (χ3n) is 2.42. The van der Waals surface area contributed by atoms with Crippen LogP contribution in [0.1, 0.15) is 25.8 Å². The average Bonchev–Trinajstić information content (AvgIpc) is 2.27. The molecule has 84 valence electrons. The minimum atomic E-state index is 0.0289. The molecule has 0 bridgehead atoms. The summed E-state index contributed by atoms with van der Waals surface area (Å²) in [6, 6.07) is 5.68. The Kier molecular flexibility index (Phi) is 5.12. The molecule has 1 unspecified atom stereocenters. The molecule has 0 aromatic heterocycles. The van der Waals surface area contributed by atoms with E-state index >= 15 is 0 Å². The van der Waals surface area contributed by atoms with Crippen molar-refractivity contribution >= 4 is 15.9 Å². The molecule has 3 heteroatoms. The number of halogens is 1. The Labute approximate surface area is 99.4 Å². The van der Waals surface area contributed by atoms with Gasteiger partial charge in [0.05, 0.1) is 13.2 Å². The number of benzene rings is 1. The molecule has 15 heavy (non-hydrogen) atoms. The fourth-order valence-corrected chi connectivity index (χ4v) is 1.49. The number of aliphatic hydroxyl groups excluding tert-OH is 1. The Morgan fingerprint density at radius 1 is 1.47 bits per heavy atom.